The van der Waals surface area contributed by atoms with Gasteiger partial charge in [0.05, 0.1) is 14.2 Å². The fourth-order valence-electron chi connectivity index (χ4n) is 3.24. The molecular formula is C19H21N5O4S. The fourth-order valence-corrected chi connectivity index (χ4v) is 4.15. The molecule has 4 rings (SSSR count). The highest BCUT2D eigenvalue weighted by Gasteiger charge is 2.20. The molecule has 1 N–H and O–H groups in total. The summed E-state index contributed by atoms with van der Waals surface area (Å²) in [6.45, 7) is 2.04. The van der Waals surface area contributed by atoms with Gasteiger partial charge in [-0.1, -0.05) is 11.3 Å². The van der Waals surface area contributed by atoms with E-state index in [1.54, 1.807) is 32.4 Å². The van der Waals surface area contributed by atoms with Crippen molar-refractivity contribution >= 4 is 27.3 Å². The van der Waals surface area contributed by atoms with Gasteiger partial charge in [-0.25, -0.2) is 4.98 Å². The Morgan fingerprint density at radius 1 is 1.24 bits per heavy atom. The molecule has 0 saturated carbocycles. The summed E-state index contributed by atoms with van der Waals surface area (Å²) in [5, 5.41) is 7.88. The van der Waals surface area contributed by atoms with Crippen LogP contribution in [0.5, 0.6) is 11.5 Å². The van der Waals surface area contributed by atoms with Crippen LogP contribution in [0.2, 0.25) is 0 Å². The van der Waals surface area contributed by atoms with Crippen molar-refractivity contribution < 1.29 is 14.3 Å². The van der Waals surface area contributed by atoms with Gasteiger partial charge < -0.3 is 19.7 Å². The Kier molecular flexibility index (Phi) is 5.34. The van der Waals surface area contributed by atoms with Crippen molar-refractivity contribution in [2.75, 3.05) is 32.2 Å². The van der Waals surface area contributed by atoms with E-state index < -0.39 is 11.5 Å². The molecule has 1 aromatic carbocycles. The molecule has 1 amide bonds. The third-order valence-electron chi connectivity index (χ3n) is 4.83. The SMILES string of the molecule is COc1ccc(CNC(=O)c2cnc3sc(N4CCCC4)nn3c2=O)c(OC)c1. The van der Waals surface area contributed by atoms with E-state index in [0.717, 1.165) is 36.6 Å². The van der Waals surface area contributed by atoms with Gasteiger partial charge in [0.2, 0.25) is 10.1 Å². The molecule has 1 fully saturated rings. The molecule has 0 spiro atoms. The van der Waals surface area contributed by atoms with Gasteiger partial charge in [-0.15, -0.1) is 5.10 Å². The van der Waals surface area contributed by atoms with Gasteiger partial charge in [0, 0.05) is 37.5 Å². The van der Waals surface area contributed by atoms with Gasteiger partial charge >= 0.3 is 0 Å². The normalized spacial score (nSPS) is 13.7. The van der Waals surface area contributed by atoms with Gasteiger partial charge in [0.25, 0.3) is 11.5 Å². The van der Waals surface area contributed by atoms with Crippen molar-refractivity contribution in [1.82, 2.24) is 19.9 Å². The summed E-state index contributed by atoms with van der Waals surface area (Å²) >= 11 is 1.35. The maximum Gasteiger partial charge on any atom is 0.288 e. The van der Waals surface area contributed by atoms with Gasteiger partial charge in [-0.05, 0) is 25.0 Å². The van der Waals surface area contributed by atoms with Crippen molar-refractivity contribution in [2.24, 2.45) is 0 Å². The van der Waals surface area contributed by atoms with Crippen LogP contribution in [0.25, 0.3) is 4.96 Å². The van der Waals surface area contributed by atoms with Crippen LogP contribution < -0.4 is 25.2 Å². The fraction of sp³-hybridized carbons (Fsp3) is 0.368. The largest absolute Gasteiger partial charge is 0.497 e. The Morgan fingerprint density at radius 3 is 2.76 bits per heavy atom. The van der Waals surface area contributed by atoms with Crippen LogP contribution in [-0.2, 0) is 6.54 Å². The number of benzene rings is 1. The second-order valence-corrected chi connectivity index (χ2v) is 7.55. The number of methoxy groups -OCH3 is 2. The number of ether oxygens (including phenoxy) is 2. The van der Waals surface area contributed by atoms with E-state index in [-0.39, 0.29) is 12.1 Å². The summed E-state index contributed by atoms with van der Waals surface area (Å²) in [5.74, 6) is 0.734. The quantitative estimate of drug-likeness (QED) is 0.654. The highest BCUT2D eigenvalue weighted by Crippen LogP contribution is 2.25. The second kappa shape index (κ2) is 8.08. The summed E-state index contributed by atoms with van der Waals surface area (Å²) in [6, 6.07) is 5.32. The van der Waals surface area contributed by atoms with Gasteiger partial charge in [-0.3, -0.25) is 9.59 Å². The number of amides is 1. The van der Waals surface area contributed by atoms with Crippen molar-refractivity contribution in [3.63, 3.8) is 0 Å². The van der Waals surface area contributed by atoms with E-state index in [4.69, 9.17) is 9.47 Å². The minimum absolute atomic E-state index is 0.0479. The molecule has 0 atom stereocenters. The Hall–Kier alpha value is -3.14. The predicted molar refractivity (Wildman–Crippen MR) is 109 cm³/mol. The number of hydrogen-bond donors (Lipinski definition) is 1. The number of anilines is 1. The van der Waals surface area contributed by atoms with Crippen LogP contribution in [0.15, 0.2) is 29.2 Å². The first-order valence-corrected chi connectivity index (χ1v) is 10.1. The topological polar surface area (TPSA) is 98.1 Å². The van der Waals surface area contributed by atoms with Crippen LogP contribution in [0.1, 0.15) is 28.8 Å². The summed E-state index contributed by atoms with van der Waals surface area (Å²) in [4.78, 5) is 32.2. The first-order valence-electron chi connectivity index (χ1n) is 9.23. The van der Waals surface area contributed by atoms with Crippen LogP contribution >= 0.6 is 11.3 Å². The molecule has 9 nitrogen and oxygen atoms in total. The average molecular weight is 415 g/mol. The second-order valence-electron chi connectivity index (χ2n) is 6.61. The summed E-state index contributed by atoms with van der Waals surface area (Å²) in [7, 11) is 3.12. The zero-order valence-corrected chi connectivity index (χ0v) is 17.0. The lowest BCUT2D eigenvalue weighted by Crippen LogP contribution is -2.31. The maximum absolute atomic E-state index is 12.8. The molecule has 29 heavy (non-hydrogen) atoms. The van der Waals surface area contributed by atoms with Crippen molar-refractivity contribution in [3.8, 4) is 11.5 Å². The smallest absolute Gasteiger partial charge is 0.288 e. The lowest BCUT2D eigenvalue weighted by atomic mass is 10.2. The van der Waals surface area contributed by atoms with E-state index in [9.17, 15) is 9.59 Å². The van der Waals surface area contributed by atoms with E-state index in [1.165, 1.54) is 22.0 Å². The number of aromatic nitrogens is 3. The molecule has 0 unspecified atom stereocenters. The van der Waals surface area contributed by atoms with Crippen molar-refractivity contribution in [3.05, 3.63) is 45.9 Å². The Labute approximate surface area is 170 Å². The molecule has 1 saturated heterocycles. The lowest BCUT2D eigenvalue weighted by molar-refractivity contribution is 0.0948. The number of nitrogens with one attached hydrogen (secondary N) is 1. The van der Waals surface area contributed by atoms with Crippen LogP contribution in [0.4, 0.5) is 5.13 Å². The van der Waals surface area contributed by atoms with Crippen LogP contribution in [-0.4, -0.2) is 47.8 Å². The third kappa shape index (κ3) is 3.75. The number of nitrogens with zero attached hydrogens (tertiary/aromatic N) is 4. The molecule has 0 radical (unpaired) electrons. The van der Waals surface area contributed by atoms with Crippen molar-refractivity contribution in [1.29, 1.82) is 0 Å². The molecule has 0 aliphatic carbocycles. The number of carbonyl (C=O) groups excluding carboxylic acids is 1. The summed E-state index contributed by atoms with van der Waals surface area (Å²) in [5.41, 5.74) is 0.241. The first-order chi connectivity index (χ1) is 14.1. The first kappa shape index (κ1) is 19.2. The molecule has 152 valence electrons. The van der Waals surface area contributed by atoms with E-state index in [0.29, 0.717) is 16.5 Å². The molecule has 10 heteroatoms. The number of hydrogen-bond acceptors (Lipinski definition) is 8. The zero-order chi connectivity index (χ0) is 20.4. The number of carbonyl (C=O) groups is 1. The standard InChI is InChI=1S/C19H21N5O4S/c1-27-13-6-5-12(15(9-13)28-2)10-20-16(25)14-11-21-18-24(17(14)26)22-19(29-18)23-7-3-4-8-23/h5-6,9,11H,3-4,7-8,10H2,1-2H3,(H,20,25). The molecule has 1 aliphatic heterocycles. The monoisotopic (exact) mass is 415 g/mol. The molecule has 3 heterocycles. The minimum Gasteiger partial charge on any atom is -0.497 e. The zero-order valence-electron chi connectivity index (χ0n) is 16.2. The lowest BCUT2D eigenvalue weighted by Gasteiger charge is -2.11. The highest BCUT2D eigenvalue weighted by atomic mass is 32.1. The van der Waals surface area contributed by atoms with Gasteiger partial charge in [-0.2, -0.15) is 4.52 Å². The summed E-state index contributed by atoms with van der Waals surface area (Å²) in [6.07, 6.45) is 3.53. The van der Waals surface area contributed by atoms with E-state index >= 15 is 0 Å². The van der Waals surface area contributed by atoms with Crippen LogP contribution in [0.3, 0.4) is 0 Å². The molecule has 2 aromatic heterocycles. The molecule has 1 aliphatic rings. The minimum atomic E-state index is -0.509. The Morgan fingerprint density at radius 2 is 2.03 bits per heavy atom. The van der Waals surface area contributed by atoms with E-state index in [2.05, 4.69) is 20.3 Å². The number of rotatable bonds is 6. The molecule has 3 aromatic rings. The van der Waals surface area contributed by atoms with Gasteiger partial charge in [0.1, 0.15) is 17.1 Å². The third-order valence-corrected chi connectivity index (χ3v) is 5.81. The Bertz CT molecular complexity index is 1100. The van der Waals surface area contributed by atoms with Crippen LogP contribution in [0, 0.1) is 0 Å². The predicted octanol–water partition coefficient (Wildman–Crippen LogP) is 1.70. The van der Waals surface area contributed by atoms with E-state index in [1.807, 2.05) is 0 Å². The molecule has 0 bridgehead atoms. The van der Waals surface area contributed by atoms with Gasteiger partial charge in [0.15, 0.2) is 0 Å². The molecular weight excluding hydrogens is 394 g/mol. The average Bonchev–Trinajstić information content (AvgIpc) is 3.42. The number of fused-ring (bicyclic) bond motifs is 1. The summed E-state index contributed by atoms with van der Waals surface area (Å²) < 4.78 is 11.7. The van der Waals surface area contributed by atoms with Crippen molar-refractivity contribution in [2.45, 2.75) is 19.4 Å². The Balaban J connectivity index is 1.54. The maximum atomic E-state index is 12.8. The highest BCUT2D eigenvalue weighted by molar-refractivity contribution is 7.20.